The maximum absolute atomic E-state index is 13.3. The second kappa shape index (κ2) is 8.27. The van der Waals surface area contributed by atoms with Crippen LogP contribution in [-0.2, 0) is 17.5 Å². The van der Waals surface area contributed by atoms with E-state index in [1.54, 1.807) is 0 Å². The lowest BCUT2D eigenvalue weighted by atomic mass is 10.2. The Kier molecular flexibility index (Phi) is 5.92. The summed E-state index contributed by atoms with van der Waals surface area (Å²) < 4.78 is 50.9. The normalized spacial score (nSPS) is 13.5. The number of hydrogen-bond donors (Lipinski definition) is 2. The van der Waals surface area contributed by atoms with E-state index in [4.69, 9.17) is 26.8 Å². The van der Waals surface area contributed by atoms with Gasteiger partial charge in [0.2, 0.25) is 5.91 Å². The minimum atomic E-state index is -4.94. The van der Waals surface area contributed by atoms with Crippen molar-refractivity contribution in [3.8, 4) is 11.5 Å². The molecule has 8 nitrogen and oxygen atoms in total. The monoisotopic (exact) mass is 445 g/mol. The van der Waals surface area contributed by atoms with Crippen LogP contribution in [0.2, 0.25) is 5.02 Å². The van der Waals surface area contributed by atoms with E-state index < -0.39 is 41.4 Å². The number of anilines is 1. The first-order valence-electron chi connectivity index (χ1n) is 8.57. The smallest absolute Gasteiger partial charge is 0.431 e. The van der Waals surface area contributed by atoms with Gasteiger partial charge in [0, 0.05) is 18.6 Å². The molecule has 0 spiro atoms. The van der Waals surface area contributed by atoms with Gasteiger partial charge in [0.1, 0.15) is 17.8 Å². The molecule has 0 radical (unpaired) electrons. The number of hydrogen-bond acceptors (Lipinski definition) is 5. The summed E-state index contributed by atoms with van der Waals surface area (Å²) in [6.45, 7) is -0.250. The van der Waals surface area contributed by atoms with Crippen LogP contribution in [0.1, 0.15) is 22.5 Å². The molecule has 3 N–H and O–H groups in total. The number of nitrogens with two attached hydrogens (primary N) is 1. The van der Waals surface area contributed by atoms with Gasteiger partial charge in [-0.15, -0.1) is 0 Å². The average Bonchev–Trinajstić information content (AvgIpc) is 2.87. The van der Waals surface area contributed by atoms with Gasteiger partial charge in [-0.1, -0.05) is 11.6 Å². The van der Waals surface area contributed by atoms with Crippen molar-refractivity contribution in [2.24, 2.45) is 5.73 Å². The lowest BCUT2D eigenvalue weighted by Crippen LogP contribution is -2.36. The van der Waals surface area contributed by atoms with Crippen molar-refractivity contribution in [3.63, 3.8) is 0 Å². The number of carbonyl (C=O) groups is 2. The lowest BCUT2D eigenvalue weighted by Gasteiger charge is -2.17. The highest BCUT2D eigenvalue weighted by Gasteiger charge is 2.35. The summed E-state index contributed by atoms with van der Waals surface area (Å²) in [4.78, 5) is 36.0. The van der Waals surface area contributed by atoms with Crippen LogP contribution in [0.3, 0.4) is 0 Å². The van der Waals surface area contributed by atoms with E-state index in [9.17, 15) is 27.6 Å². The molecule has 2 aromatic rings. The number of nitrogens with zero attached hydrogens (tertiary/aromatic N) is 1. The molecule has 0 unspecified atom stereocenters. The van der Waals surface area contributed by atoms with Crippen LogP contribution in [0.15, 0.2) is 29.1 Å². The zero-order valence-corrected chi connectivity index (χ0v) is 16.0. The van der Waals surface area contributed by atoms with Crippen molar-refractivity contribution in [2.75, 3.05) is 18.5 Å². The molecule has 2 heterocycles. The molecule has 0 saturated heterocycles. The van der Waals surface area contributed by atoms with Crippen molar-refractivity contribution in [1.82, 2.24) is 4.57 Å². The molecule has 1 aliphatic rings. The molecule has 1 aromatic carbocycles. The predicted octanol–water partition coefficient (Wildman–Crippen LogP) is 2.42. The first kappa shape index (κ1) is 21.5. The average molecular weight is 446 g/mol. The highest BCUT2D eigenvalue weighted by atomic mass is 35.5. The minimum Gasteiger partial charge on any atom is -0.490 e. The molecule has 1 aliphatic heterocycles. The van der Waals surface area contributed by atoms with Crippen LogP contribution in [0.4, 0.5) is 18.9 Å². The molecular weight excluding hydrogens is 431 g/mol. The van der Waals surface area contributed by atoms with E-state index in [1.165, 1.54) is 12.1 Å². The number of benzene rings is 1. The molecular formula is C18H15ClF3N3O5. The third-order valence-electron chi connectivity index (χ3n) is 4.14. The van der Waals surface area contributed by atoms with Crippen molar-refractivity contribution in [3.05, 3.63) is 50.9 Å². The molecule has 30 heavy (non-hydrogen) atoms. The number of pyridine rings is 1. The highest BCUT2D eigenvalue weighted by Crippen LogP contribution is 2.37. The number of primary amides is 1. The van der Waals surface area contributed by atoms with Crippen LogP contribution in [0.5, 0.6) is 11.5 Å². The Morgan fingerprint density at radius 2 is 1.80 bits per heavy atom. The fourth-order valence-electron chi connectivity index (χ4n) is 2.78. The number of carbonyl (C=O) groups excluding carboxylic acids is 2. The van der Waals surface area contributed by atoms with Crippen molar-refractivity contribution >= 4 is 29.1 Å². The summed E-state index contributed by atoms with van der Waals surface area (Å²) in [5.41, 5.74) is 1.65. The third-order valence-corrected chi connectivity index (χ3v) is 4.46. The second-order valence-electron chi connectivity index (χ2n) is 6.26. The number of nitrogens with one attached hydrogen (secondary N) is 1. The number of rotatable bonds is 4. The molecule has 0 fully saturated rings. The van der Waals surface area contributed by atoms with Gasteiger partial charge < -0.3 is 20.5 Å². The maximum Gasteiger partial charge on any atom is 0.431 e. The Morgan fingerprint density at radius 1 is 1.17 bits per heavy atom. The second-order valence-corrected chi connectivity index (χ2v) is 6.67. The number of amides is 2. The van der Waals surface area contributed by atoms with Crippen LogP contribution in [0, 0.1) is 0 Å². The Hall–Kier alpha value is -3.21. The summed E-state index contributed by atoms with van der Waals surface area (Å²) in [7, 11) is 0. The van der Waals surface area contributed by atoms with Crippen LogP contribution in [0.25, 0.3) is 0 Å². The topological polar surface area (TPSA) is 113 Å². The number of aromatic nitrogens is 1. The zero-order valence-electron chi connectivity index (χ0n) is 15.2. The molecule has 0 atom stereocenters. The Morgan fingerprint density at radius 3 is 2.40 bits per heavy atom. The number of alkyl halides is 3. The Bertz CT molecular complexity index is 1070. The molecule has 2 amide bonds. The van der Waals surface area contributed by atoms with Gasteiger partial charge in [-0.25, -0.2) is 0 Å². The van der Waals surface area contributed by atoms with Gasteiger partial charge in [0.15, 0.2) is 11.5 Å². The quantitative estimate of drug-likeness (QED) is 0.750. The van der Waals surface area contributed by atoms with Crippen LogP contribution >= 0.6 is 11.6 Å². The van der Waals surface area contributed by atoms with Gasteiger partial charge >= 0.3 is 6.18 Å². The Balaban J connectivity index is 1.91. The maximum atomic E-state index is 13.3. The summed E-state index contributed by atoms with van der Waals surface area (Å²) in [5, 5.41) is 2.39. The van der Waals surface area contributed by atoms with E-state index in [1.807, 2.05) is 0 Å². The Labute approximate surface area is 172 Å². The van der Waals surface area contributed by atoms with Gasteiger partial charge in [-0.2, -0.15) is 13.2 Å². The van der Waals surface area contributed by atoms with E-state index in [-0.39, 0.29) is 15.3 Å². The van der Waals surface area contributed by atoms with E-state index >= 15 is 0 Å². The molecule has 1 aromatic heterocycles. The van der Waals surface area contributed by atoms with Gasteiger partial charge in [-0.3, -0.25) is 19.0 Å². The molecule has 3 rings (SSSR count). The van der Waals surface area contributed by atoms with E-state index in [0.717, 1.165) is 0 Å². The summed E-state index contributed by atoms with van der Waals surface area (Å²) in [6, 6.07) is 3.95. The standard InChI is InChI=1S/C18H15ClF3N3O5/c19-10-6-12-13(30-5-1-4-29-12)7-11(10)24-15(26)8-25-14(18(20,21)22)3-2-9(16(23)27)17(25)28/h2-3,6-7H,1,4-5,8H2,(H2,23,27)(H,24,26). The first-order valence-corrected chi connectivity index (χ1v) is 8.95. The number of fused-ring (bicyclic) bond motifs is 1. The fraction of sp³-hybridized carbons (Fsp3) is 0.278. The van der Waals surface area contributed by atoms with Gasteiger partial charge in [-0.05, 0) is 12.1 Å². The van der Waals surface area contributed by atoms with Crippen LogP contribution in [-0.4, -0.2) is 29.6 Å². The summed E-state index contributed by atoms with van der Waals surface area (Å²) in [6.07, 6.45) is -4.31. The van der Waals surface area contributed by atoms with Crippen LogP contribution < -0.4 is 26.1 Å². The number of halogens is 4. The first-order chi connectivity index (χ1) is 14.1. The lowest BCUT2D eigenvalue weighted by molar-refractivity contribution is -0.144. The van der Waals surface area contributed by atoms with Crippen molar-refractivity contribution in [2.45, 2.75) is 19.1 Å². The third kappa shape index (κ3) is 4.51. The summed E-state index contributed by atoms with van der Waals surface area (Å²) >= 11 is 6.10. The fourth-order valence-corrected chi connectivity index (χ4v) is 2.98. The van der Waals surface area contributed by atoms with Gasteiger partial charge in [0.05, 0.1) is 23.9 Å². The van der Waals surface area contributed by atoms with E-state index in [0.29, 0.717) is 43.3 Å². The van der Waals surface area contributed by atoms with E-state index in [2.05, 4.69) is 5.32 Å². The SMILES string of the molecule is NC(=O)c1ccc(C(F)(F)F)n(CC(=O)Nc2cc3c(cc2Cl)OCCCO3)c1=O. The minimum absolute atomic E-state index is 0.0542. The van der Waals surface area contributed by atoms with Crippen molar-refractivity contribution in [1.29, 1.82) is 0 Å². The van der Waals surface area contributed by atoms with Gasteiger partial charge in [0.25, 0.3) is 11.5 Å². The number of ether oxygens (including phenoxy) is 2. The molecule has 12 heteroatoms. The molecule has 0 saturated carbocycles. The highest BCUT2D eigenvalue weighted by molar-refractivity contribution is 6.34. The molecule has 0 bridgehead atoms. The molecule has 0 aliphatic carbocycles. The van der Waals surface area contributed by atoms with Crippen molar-refractivity contribution < 1.29 is 32.2 Å². The predicted molar refractivity (Wildman–Crippen MR) is 99.9 cm³/mol. The molecule has 160 valence electrons. The zero-order chi connectivity index (χ0) is 22.1. The largest absolute Gasteiger partial charge is 0.490 e. The summed E-state index contributed by atoms with van der Waals surface area (Å²) in [5.74, 6) is -1.54.